The van der Waals surface area contributed by atoms with Gasteiger partial charge < -0.3 is 15.2 Å². The molecule has 0 radical (unpaired) electrons. The Morgan fingerprint density at radius 2 is 1.80 bits per heavy atom. The summed E-state index contributed by atoms with van der Waals surface area (Å²) in [6.07, 6.45) is 0.0282. The van der Waals surface area contributed by atoms with E-state index in [0.29, 0.717) is 11.3 Å². The van der Waals surface area contributed by atoms with Crippen LogP contribution in [0.1, 0.15) is 38.7 Å². The van der Waals surface area contributed by atoms with Crippen molar-refractivity contribution < 1.29 is 19.1 Å². The maximum Gasteiger partial charge on any atom is 0.306 e. The number of ether oxygens (including phenoxy) is 2. The fourth-order valence-corrected chi connectivity index (χ4v) is 1.82. The number of primary amides is 1. The molecule has 2 N–H and O–H groups in total. The lowest BCUT2D eigenvalue weighted by Crippen LogP contribution is -2.24. The van der Waals surface area contributed by atoms with E-state index in [-0.39, 0.29) is 19.1 Å². The summed E-state index contributed by atoms with van der Waals surface area (Å²) in [6.45, 7) is 5.86. The molecule has 0 bridgehead atoms. The van der Waals surface area contributed by atoms with E-state index in [1.54, 1.807) is 31.2 Å². The van der Waals surface area contributed by atoms with E-state index < -0.39 is 17.8 Å². The molecule has 0 saturated heterocycles. The Hall–Kier alpha value is -2.04. The van der Waals surface area contributed by atoms with Crippen LogP contribution in [0.2, 0.25) is 0 Å². The Morgan fingerprint density at radius 1 is 1.20 bits per heavy atom. The van der Waals surface area contributed by atoms with Gasteiger partial charge in [0.15, 0.2) is 0 Å². The molecule has 0 heterocycles. The van der Waals surface area contributed by atoms with Gasteiger partial charge in [0, 0.05) is 0 Å². The lowest BCUT2D eigenvalue weighted by molar-refractivity contribution is -0.144. The highest BCUT2D eigenvalue weighted by atomic mass is 16.5. The van der Waals surface area contributed by atoms with Gasteiger partial charge in [-0.3, -0.25) is 9.59 Å². The van der Waals surface area contributed by atoms with Gasteiger partial charge in [0.25, 0.3) is 0 Å². The van der Waals surface area contributed by atoms with Crippen molar-refractivity contribution in [3.8, 4) is 5.75 Å². The fourth-order valence-electron chi connectivity index (χ4n) is 1.82. The minimum absolute atomic E-state index is 0.0481. The predicted octanol–water partition coefficient (Wildman–Crippen LogP) is 2.00. The molecular formula is C15H21NO4. The first-order valence-electron chi connectivity index (χ1n) is 6.65. The van der Waals surface area contributed by atoms with Gasteiger partial charge >= 0.3 is 5.97 Å². The van der Waals surface area contributed by atoms with Crippen LogP contribution in [0.3, 0.4) is 0 Å². The van der Waals surface area contributed by atoms with Crippen LogP contribution < -0.4 is 10.5 Å². The molecule has 1 aromatic carbocycles. The first-order valence-corrected chi connectivity index (χ1v) is 6.65. The summed E-state index contributed by atoms with van der Waals surface area (Å²) in [6, 6.07) is 7.01. The van der Waals surface area contributed by atoms with Crippen molar-refractivity contribution in [2.24, 2.45) is 5.73 Å². The molecule has 1 atom stereocenters. The van der Waals surface area contributed by atoms with Crippen LogP contribution in [-0.4, -0.2) is 24.6 Å². The summed E-state index contributed by atoms with van der Waals surface area (Å²) in [5, 5.41) is 0. The second-order valence-corrected chi connectivity index (χ2v) is 4.70. The Bertz CT molecular complexity index is 453. The fraction of sp³-hybridized carbons (Fsp3) is 0.467. The Balaban J connectivity index is 2.81. The number of amides is 1. The largest absolute Gasteiger partial charge is 0.491 e. The third-order valence-corrected chi connectivity index (χ3v) is 2.67. The van der Waals surface area contributed by atoms with E-state index in [9.17, 15) is 9.59 Å². The Labute approximate surface area is 119 Å². The molecule has 5 heteroatoms. The first kappa shape index (κ1) is 16.0. The molecule has 1 unspecified atom stereocenters. The summed E-state index contributed by atoms with van der Waals surface area (Å²) in [5.41, 5.74) is 6.04. The average molecular weight is 279 g/mol. The summed E-state index contributed by atoms with van der Waals surface area (Å²) < 4.78 is 10.4. The van der Waals surface area contributed by atoms with Gasteiger partial charge in [-0.05, 0) is 38.5 Å². The van der Waals surface area contributed by atoms with Crippen molar-refractivity contribution in [1.82, 2.24) is 0 Å². The number of rotatable bonds is 7. The number of esters is 1. The topological polar surface area (TPSA) is 78.6 Å². The molecule has 0 saturated carbocycles. The van der Waals surface area contributed by atoms with Crippen LogP contribution >= 0.6 is 0 Å². The van der Waals surface area contributed by atoms with Crippen molar-refractivity contribution in [1.29, 1.82) is 0 Å². The second kappa shape index (κ2) is 7.53. The first-order chi connectivity index (χ1) is 9.43. The number of nitrogens with two attached hydrogens (primary N) is 1. The smallest absolute Gasteiger partial charge is 0.306 e. The number of benzene rings is 1. The monoisotopic (exact) mass is 279 g/mol. The summed E-state index contributed by atoms with van der Waals surface area (Å²) in [4.78, 5) is 23.0. The molecule has 110 valence electrons. The van der Waals surface area contributed by atoms with Crippen molar-refractivity contribution in [2.45, 2.75) is 39.2 Å². The summed E-state index contributed by atoms with van der Waals surface area (Å²) in [7, 11) is 0. The van der Waals surface area contributed by atoms with Crippen LogP contribution in [0.25, 0.3) is 0 Å². The zero-order chi connectivity index (χ0) is 15.1. The van der Waals surface area contributed by atoms with Gasteiger partial charge in [0.2, 0.25) is 5.91 Å². The third-order valence-electron chi connectivity index (χ3n) is 2.67. The van der Waals surface area contributed by atoms with Gasteiger partial charge in [-0.1, -0.05) is 12.1 Å². The summed E-state index contributed by atoms with van der Waals surface area (Å²) in [5.74, 6) is -0.945. The average Bonchev–Trinajstić information content (AvgIpc) is 2.36. The van der Waals surface area contributed by atoms with Crippen LogP contribution in [0, 0.1) is 0 Å². The third kappa shape index (κ3) is 4.91. The highest BCUT2D eigenvalue weighted by Gasteiger charge is 2.22. The lowest BCUT2D eigenvalue weighted by atomic mass is 9.95. The van der Waals surface area contributed by atoms with Gasteiger partial charge in [-0.2, -0.15) is 0 Å². The zero-order valence-electron chi connectivity index (χ0n) is 12.1. The van der Waals surface area contributed by atoms with Gasteiger partial charge in [0.05, 0.1) is 25.0 Å². The van der Waals surface area contributed by atoms with Crippen molar-refractivity contribution in [3.63, 3.8) is 0 Å². The van der Waals surface area contributed by atoms with E-state index >= 15 is 0 Å². The quantitative estimate of drug-likeness (QED) is 0.774. The van der Waals surface area contributed by atoms with Crippen molar-refractivity contribution in [3.05, 3.63) is 29.8 Å². The van der Waals surface area contributed by atoms with Crippen molar-refractivity contribution >= 4 is 11.9 Å². The number of hydrogen-bond acceptors (Lipinski definition) is 4. The highest BCUT2D eigenvalue weighted by Crippen LogP contribution is 2.23. The molecule has 1 aromatic rings. The van der Waals surface area contributed by atoms with E-state index in [1.807, 2.05) is 13.8 Å². The Morgan fingerprint density at radius 3 is 2.25 bits per heavy atom. The predicted molar refractivity (Wildman–Crippen MR) is 75.4 cm³/mol. The maximum absolute atomic E-state index is 11.5. The highest BCUT2D eigenvalue weighted by molar-refractivity contribution is 5.87. The molecule has 0 fully saturated rings. The molecule has 0 aliphatic heterocycles. The standard InChI is InChI=1S/C15H21NO4/c1-4-19-14(17)9-13(15(16)18)11-5-7-12(8-6-11)20-10(2)3/h5-8,10,13H,4,9H2,1-3H3,(H2,16,18). The molecule has 0 aliphatic carbocycles. The number of carbonyl (C=O) groups is 2. The molecule has 1 rings (SSSR count). The van der Waals surface area contributed by atoms with Gasteiger partial charge in [0.1, 0.15) is 5.75 Å². The minimum atomic E-state index is -0.679. The molecule has 0 aromatic heterocycles. The van der Waals surface area contributed by atoms with Crippen LogP contribution in [0.15, 0.2) is 24.3 Å². The molecule has 0 aliphatic rings. The van der Waals surface area contributed by atoms with E-state index in [0.717, 1.165) is 0 Å². The molecule has 1 amide bonds. The normalized spacial score (nSPS) is 12.0. The SMILES string of the molecule is CCOC(=O)CC(C(N)=O)c1ccc(OC(C)C)cc1. The molecule has 5 nitrogen and oxygen atoms in total. The maximum atomic E-state index is 11.5. The zero-order valence-corrected chi connectivity index (χ0v) is 12.1. The van der Waals surface area contributed by atoms with Crippen molar-refractivity contribution in [2.75, 3.05) is 6.61 Å². The van der Waals surface area contributed by atoms with Crippen LogP contribution in [0.4, 0.5) is 0 Å². The van der Waals surface area contributed by atoms with Crippen LogP contribution in [0.5, 0.6) is 5.75 Å². The summed E-state index contributed by atoms with van der Waals surface area (Å²) >= 11 is 0. The lowest BCUT2D eigenvalue weighted by Gasteiger charge is -2.14. The molecule has 0 spiro atoms. The molecule has 20 heavy (non-hydrogen) atoms. The van der Waals surface area contributed by atoms with E-state index in [2.05, 4.69) is 0 Å². The number of carbonyl (C=O) groups excluding carboxylic acids is 2. The number of hydrogen-bond donors (Lipinski definition) is 1. The van der Waals surface area contributed by atoms with E-state index in [4.69, 9.17) is 15.2 Å². The van der Waals surface area contributed by atoms with Crippen LogP contribution in [-0.2, 0) is 14.3 Å². The Kier molecular flexibility index (Phi) is 6.03. The second-order valence-electron chi connectivity index (χ2n) is 4.70. The van der Waals surface area contributed by atoms with Gasteiger partial charge in [-0.15, -0.1) is 0 Å². The minimum Gasteiger partial charge on any atom is -0.491 e. The van der Waals surface area contributed by atoms with Gasteiger partial charge in [-0.25, -0.2) is 0 Å². The van der Waals surface area contributed by atoms with E-state index in [1.165, 1.54) is 0 Å². The molecular weight excluding hydrogens is 258 g/mol.